The summed E-state index contributed by atoms with van der Waals surface area (Å²) in [5, 5.41) is 14.0. The second-order valence-electron chi connectivity index (χ2n) is 9.22. The number of aromatic nitrogens is 3. The van der Waals surface area contributed by atoms with Crippen LogP contribution in [0.15, 0.2) is 17.2 Å². The van der Waals surface area contributed by atoms with E-state index in [0.717, 1.165) is 82.2 Å². The first kappa shape index (κ1) is 21.4. The molecule has 6 nitrogen and oxygen atoms in total. The second-order valence-corrected chi connectivity index (χ2v) is 9.22. The monoisotopic (exact) mass is 412 g/mol. The van der Waals surface area contributed by atoms with E-state index in [-0.39, 0.29) is 17.7 Å². The Labute approximate surface area is 179 Å². The lowest BCUT2D eigenvalue weighted by atomic mass is 9.82. The van der Waals surface area contributed by atoms with Gasteiger partial charge in [0, 0.05) is 24.9 Å². The molecular formula is C24H36N4O2. The maximum Gasteiger partial charge on any atom is 0.261 e. The van der Waals surface area contributed by atoms with Crippen LogP contribution in [0.25, 0.3) is 10.9 Å². The molecule has 4 rings (SSSR count). The van der Waals surface area contributed by atoms with Gasteiger partial charge < -0.3 is 15.0 Å². The first-order valence-electron chi connectivity index (χ1n) is 11.9. The van der Waals surface area contributed by atoms with Crippen LogP contribution < -0.4 is 10.9 Å². The maximum atomic E-state index is 13.4. The summed E-state index contributed by atoms with van der Waals surface area (Å²) >= 11 is 0. The largest absolute Gasteiger partial charge is 0.393 e. The number of aliphatic hydroxyl groups is 1. The van der Waals surface area contributed by atoms with Crippen molar-refractivity contribution >= 4 is 10.9 Å². The highest BCUT2D eigenvalue weighted by Crippen LogP contribution is 2.36. The van der Waals surface area contributed by atoms with Gasteiger partial charge in [-0.25, -0.2) is 9.97 Å². The third-order valence-electron chi connectivity index (χ3n) is 7.32. The van der Waals surface area contributed by atoms with Gasteiger partial charge in [-0.3, -0.25) is 4.79 Å². The topological polar surface area (TPSA) is 80.0 Å². The van der Waals surface area contributed by atoms with Crippen molar-refractivity contribution < 1.29 is 5.11 Å². The summed E-state index contributed by atoms with van der Waals surface area (Å²) in [5.41, 5.74) is 2.08. The van der Waals surface area contributed by atoms with E-state index in [2.05, 4.69) is 30.3 Å². The molecular weight excluding hydrogens is 376 g/mol. The van der Waals surface area contributed by atoms with Gasteiger partial charge >= 0.3 is 0 Å². The third-order valence-corrected chi connectivity index (χ3v) is 7.32. The van der Waals surface area contributed by atoms with Crippen molar-refractivity contribution in [1.29, 1.82) is 0 Å². The summed E-state index contributed by atoms with van der Waals surface area (Å²) < 4.78 is 1.97. The van der Waals surface area contributed by atoms with Gasteiger partial charge in [0.2, 0.25) is 0 Å². The molecule has 2 aliphatic rings. The zero-order chi connectivity index (χ0) is 21.1. The Morgan fingerprint density at radius 3 is 2.50 bits per heavy atom. The smallest absolute Gasteiger partial charge is 0.261 e. The molecule has 0 spiro atoms. The highest BCUT2D eigenvalue weighted by atomic mass is 16.3. The number of fused-ring (bicyclic) bond motifs is 1. The molecule has 0 bridgehead atoms. The van der Waals surface area contributed by atoms with E-state index in [9.17, 15) is 9.90 Å². The van der Waals surface area contributed by atoms with Crippen molar-refractivity contribution in [3.63, 3.8) is 0 Å². The Morgan fingerprint density at radius 1 is 1.13 bits per heavy atom. The summed E-state index contributed by atoms with van der Waals surface area (Å²) in [5.74, 6) is 1.78. The Hall–Kier alpha value is -1.79. The average molecular weight is 413 g/mol. The van der Waals surface area contributed by atoms with Crippen molar-refractivity contribution in [2.45, 2.75) is 89.7 Å². The van der Waals surface area contributed by atoms with Gasteiger partial charge in [0.1, 0.15) is 5.82 Å². The fourth-order valence-corrected chi connectivity index (χ4v) is 5.18. The number of rotatable bonds is 6. The van der Waals surface area contributed by atoms with E-state index >= 15 is 0 Å². The Bertz CT molecular complexity index is 907. The first-order chi connectivity index (χ1) is 14.6. The zero-order valence-corrected chi connectivity index (χ0v) is 18.4. The van der Waals surface area contributed by atoms with E-state index in [0.29, 0.717) is 17.2 Å². The molecule has 2 aromatic rings. The fourth-order valence-electron chi connectivity index (χ4n) is 5.18. The number of nitrogens with zero attached hydrogens (tertiary/aromatic N) is 3. The first-order valence-corrected chi connectivity index (χ1v) is 11.9. The summed E-state index contributed by atoms with van der Waals surface area (Å²) in [6.45, 7) is 6.33. The molecule has 2 fully saturated rings. The lowest BCUT2D eigenvalue weighted by Gasteiger charge is -2.29. The summed E-state index contributed by atoms with van der Waals surface area (Å²) in [4.78, 5) is 22.9. The van der Waals surface area contributed by atoms with Crippen molar-refractivity contribution in [3.05, 3.63) is 34.1 Å². The molecule has 30 heavy (non-hydrogen) atoms. The minimum absolute atomic E-state index is 0.0468. The highest BCUT2D eigenvalue weighted by Gasteiger charge is 2.26. The minimum Gasteiger partial charge on any atom is -0.393 e. The van der Waals surface area contributed by atoms with Crippen LogP contribution >= 0.6 is 0 Å². The molecule has 1 aliphatic heterocycles. The quantitative estimate of drug-likeness (QED) is 0.756. The summed E-state index contributed by atoms with van der Waals surface area (Å²) in [6.07, 6.45) is 12.3. The molecule has 0 aromatic carbocycles. The van der Waals surface area contributed by atoms with Crippen LogP contribution in [0.3, 0.4) is 0 Å². The zero-order valence-electron chi connectivity index (χ0n) is 18.4. The van der Waals surface area contributed by atoms with Crippen molar-refractivity contribution in [2.75, 3.05) is 13.1 Å². The van der Waals surface area contributed by atoms with E-state index in [1.54, 1.807) is 6.20 Å². The van der Waals surface area contributed by atoms with Crippen molar-refractivity contribution in [3.8, 4) is 0 Å². The SMILES string of the molecule is CCC(CC)Cc1ncc2c(=O)n(C3CCNCC3)cc(C3CCC(O)CC3)c2n1. The van der Waals surface area contributed by atoms with Gasteiger partial charge in [-0.1, -0.05) is 26.7 Å². The van der Waals surface area contributed by atoms with Crippen molar-refractivity contribution in [2.24, 2.45) is 5.92 Å². The van der Waals surface area contributed by atoms with Crippen LogP contribution in [0.1, 0.15) is 88.6 Å². The molecule has 0 atom stereocenters. The molecule has 1 aliphatic carbocycles. The standard InChI is InChI=1S/C24H36N4O2/c1-3-16(4-2)13-22-26-14-20-23(27-22)21(17-5-7-19(29)8-6-17)15-28(24(20)30)18-9-11-25-12-10-18/h14-19,25,29H,3-13H2,1-2H3. The Balaban J connectivity index is 1.79. The van der Waals surface area contributed by atoms with E-state index in [4.69, 9.17) is 4.98 Å². The molecule has 0 unspecified atom stereocenters. The maximum absolute atomic E-state index is 13.4. The van der Waals surface area contributed by atoms with Crippen molar-refractivity contribution in [1.82, 2.24) is 19.9 Å². The molecule has 1 saturated carbocycles. The van der Waals surface area contributed by atoms with Gasteiger partial charge in [-0.2, -0.15) is 0 Å². The van der Waals surface area contributed by atoms with E-state index < -0.39 is 0 Å². The van der Waals surface area contributed by atoms with E-state index in [1.807, 2.05) is 4.57 Å². The van der Waals surface area contributed by atoms with Gasteiger partial charge in [0.05, 0.1) is 17.0 Å². The average Bonchev–Trinajstić information content (AvgIpc) is 2.79. The fraction of sp³-hybridized carbons (Fsp3) is 0.708. The van der Waals surface area contributed by atoms with Crippen LogP contribution in [0, 0.1) is 5.92 Å². The molecule has 1 saturated heterocycles. The summed E-state index contributed by atoms with van der Waals surface area (Å²) in [7, 11) is 0. The molecule has 3 heterocycles. The number of aliphatic hydroxyl groups excluding tert-OH is 1. The van der Waals surface area contributed by atoms with Crippen LogP contribution in [0.5, 0.6) is 0 Å². The molecule has 0 radical (unpaired) electrons. The van der Waals surface area contributed by atoms with Crippen LogP contribution in [0.4, 0.5) is 0 Å². The number of piperidine rings is 1. The minimum atomic E-state index is -0.192. The Kier molecular flexibility index (Phi) is 6.84. The predicted molar refractivity (Wildman–Crippen MR) is 120 cm³/mol. The normalized spacial score (nSPS) is 23.3. The van der Waals surface area contributed by atoms with Crippen LogP contribution in [-0.4, -0.2) is 38.8 Å². The van der Waals surface area contributed by atoms with Gasteiger partial charge in [-0.15, -0.1) is 0 Å². The number of pyridine rings is 1. The van der Waals surface area contributed by atoms with E-state index in [1.165, 1.54) is 5.56 Å². The van der Waals surface area contributed by atoms with Gasteiger partial charge in [-0.05, 0) is 69.0 Å². The molecule has 6 heteroatoms. The third kappa shape index (κ3) is 4.45. The molecule has 164 valence electrons. The molecule has 2 aromatic heterocycles. The molecule has 2 N–H and O–H groups in total. The molecule has 0 amide bonds. The van der Waals surface area contributed by atoms with Gasteiger partial charge in [0.25, 0.3) is 5.56 Å². The number of hydrogen-bond acceptors (Lipinski definition) is 5. The van der Waals surface area contributed by atoms with Crippen LogP contribution in [0.2, 0.25) is 0 Å². The number of nitrogens with one attached hydrogen (secondary N) is 1. The lowest BCUT2D eigenvalue weighted by Crippen LogP contribution is -2.35. The lowest BCUT2D eigenvalue weighted by molar-refractivity contribution is 0.122. The summed E-state index contributed by atoms with van der Waals surface area (Å²) in [6, 6.07) is 0.236. The van der Waals surface area contributed by atoms with Crippen LogP contribution in [-0.2, 0) is 6.42 Å². The predicted octanol–water partition coefficient (Wildman–Crippen LogP) is 3.71. The van der Waals surface area contributed by atoms with Gasteiger partial charge in [0.15, 0.2) is 0 Å². The number of hydrogen-bond donors (Lipinski definition) is 2. The second kappa shape index (κ2) is 9.56. The highest BCUT2D eigenvalue weighted by molar-refractivity contribution is 5.80. The Morgan fingerprint density at radius 2 is 1.83 bits per heavy atom.